The van der Waals surface area contributed by atoms with Crippen LogP contribution >= 0.6 is 12.2 Å². The number of hydrogen-bond donors (Lipinski definition) is 2. The molecule has 92 valence electrons. The second kappa shape index (κ2) is 5.42. The van der Waals surface area contributed by atoms with E-state index < -0.39 is 0 Å². The minimum absolute atomic E-state index is 0.242. The van der Waals surface area contributed by atoms with Crippen LogP contribution in [0.2, 0.25) is 0 Å². The Hall–Kier alpha value is -1.20. The van der Waals surface area contributed by atoms with Gasteiger partial charge in [-0.15, -0.1) is 0 Å². The number of thiocarbonyl (C=S) groups is 1. The Kier molecular flexibility index (Phi) is 3.91. The first kappa shape index (κ1) is 12.3. The monoisotopic (exact) mass is 251 g/mol. The van der Waals surface area contributed by atoms with E-state index in [1.54, 1.807) is 0 Å². The van der Waals surface area contributed by atoms with Crippen molar-refractivity contribution >= 4 is 23.0 Å². The van der Waals surface area contributed by atoms with Gasteiger partial charge in [0.15, 0.2) is 0 Å². The third-order valence-electron chi connectivity index (χ3n) is 2.90. The van der Waals surface area contributed by atoms with Crippen molar-refractivity contribution in [3.05, 3.63) is 23.9 Å². The van der Waals surface area contributed by atoms with E-state index in [0.717, 1.165) is 25.3 Å². The molecule has 2 unspecified atom stereocenters. The maximum atomic E-state index is 5.62. The fraction of sp³-hybridized carbons (Fsp3) is 0.500. The molecule has 0 spiro atoms. The summed E-state index contributed by atoms with van der Waals surface area (Å²) < 4.78 is 5.62. The molecule has 1 saturated heterocycles. The van der Waals surface area contributed by atoms with Crippen molar-refractivity contribution in [2.75, 3.05) is 11.9 Å². The number of hydrogen-bond acceptors (Lipinski definition) is 4. The lowest BCUT2D eigenvalue weighted by molar-refractivity contribution is 0.0995. The highest BCUT2D eigenvalue weighted by Gasteiger charge is 2.22. The number of ether oxygens (including phenoxy) is 1. The lowest BCUT2D eigenvalue weighted by atomic mass is 10.1. The van der Waals surface area contributed by atoms with Crippen LogP contribution in [0.1, 0.15) is 25.5 Å². The van der Waals surface area contributed by atoms with Crippen LogP contribution in [0.15, 0.2) is 18.2 Å². The van der Waals surface area contributed by atoms with Gasteiger partial charge >= 0.3 is 0 Å². The Morgan fingerprint density at radius 2 is 2.47 bits per heavy atom. The number of nitrogens with zero attached hydrogens (tertiary/aromatic N) is 1. The Morgan fingerprint density at radius 3 is 3.12 bits per heavy atom. The Labute approximate surface area is 107 Å². The summed E-state index contributed by atoms with van der Waals surface area (Å²) in [5, 5.41) is 3.33. The molecule has 0 saturated carbocycles. The average molecular weight is 251 g/mol. The van der Waals surface area contributed by atoms with Crippen molar-refractivity contribution in [3.8, 4) is 0 Å². The Bertz CT molecular complexity index is 404. The van der Waals surface area contributed by atoms with E-state index in [0.29, 0.717) is 10.7 Å². The first-order chi connectivity index (χ1) is 8.16. The lowest BCUT2D eigenvalue weighted by Crippen LogP contribution is -2.30. The highest BCUT2D eigenvalue weighted by molar-refractivity contribution is 7.80. The molecule has 3 N–H and O–H groups in total. The highest BCUT2D eigenvalue weighted by Crippen LogP contribution is 2.18. The molecule has 1 aromatic heterocycles. The molecule has 0 aliphatic carbocycles. The van der Waals surface area contributed by atoms with Crippen LogP contribution in [0.4, 0.5) is 5.82 Å². The summed E-state index contributed by atoms with van der Waals surface area (Å²) in [7, 11) is 0. The zero-order valence-electron chi connectivity index (χ0n) is 9.85. The van der Waals surface area contributed by atoms with Crippen LogP contribution in [0, 0.1) is 0 Å². The second-order valence-corrected chi connectivity index (χ2v) is 4.70. The quantitative estimate of drug-likeness (QED) is 0.798. The van der Waals surface area contributed by atoms with Gasteiger partial charge in [0.2, 0.25) is 0 Å². The molecule has 0 aromatic carbocycles. The third kappa shape index (κ3) is 3.14. The van der Waals surface area contributed by atoms with E-state index in [9.17, 15) is 0 Å². The molecule has 2 rings (SSSR count). The van der Waals surface area contributed by atoms with Gasteiger partial charge in [-0.2, -0.15) is 0 Å². The summed E-state index contributed by atoms with van der Waals surface area (Å²) in [6.07, 6.45) is 2.51. The number of nitrogens with two attached hydrogens (primary N) is 1. The van der Waals surface area contributed by atoms with Gasteiger partial charge in [-0.05, 0) is 31.9 Å². The molecule has 5 heteroatoms. The van der Waals surface area contributed by atoms with Crippen molar-refractivity contribution in [2.45, 2.75) is 31.9 Å². The predicted octanol–water partition coefficient (Wildman–Crippen LogP) is 1.70. The minimum atomic E-state index is 0.242. The molecule has 1 fully saturated rings. The topological polar surface area (TPSA) is 60.2 Å². The SMILES string of the molecule is CC(Nc1cccc(C(N)=S)n1)C1CCCO1. The van der Waals surface area contributed by atoms with E-state index in [1.807, 2.05) is 18.2 Å². The van der Waals surface area contributed by atoms with Crippen molar-refractivity contribution in [3.63, 3.8) is 0 Å². The number of pyridine rings is 1. The molecule has 1 aliphatic rings. The average Bonchev–Trinajstić information content (AvgIpc) is 2.82. The molecular formula is C12H17N3OS. The van der Waals surface area contributed by atoms with Gasteiger partial charge in [-0.25, -0.2) is 4.98 Å². The van der Waals surface area contributed by atoms with Gasteiger partial charge in [0, 0.05) is 6.61 Å². The van der Waals surface area contributed by atoms with Gasteiger partial charge in [0.25, 0.3) is 0 Å². The summed E-state index contributed by atoms with van der Waals surface area (Å²) >= 11 is 4.91. The molecule has 0 bridgehead atoms. The number of aromatic nitrogens is 1. The van der Waals surface area contributed by atoms with Gasteiger partial charge in [-0.1, -0.05) is 18.3 Å². The van der Waals surface area contributed by atoms with Crippen molar-refractivity contribution in [1.82, 2.24) is 4.98 Å². The molecule has 2 atom stereocenters. The van der Waals surface area contributed by atoms with Crippen LogP contribution in [0.25, 0.3) is 0 Å². The second-order valence-electron chi connectivity index (χ2n) is 4.26. The summed E-state index contributed by atoms with van der Waals surface area (Å²) in [5.41, 5.74) is 6.20. The smallest absolute Gasteiger partial charge is 0.127 e. The molecule has 0 radical (unpaired) electrons. The summed E-state index contributed by atoms with van der Waals surface area (Å²) in [5.74, 6) is 0.790. The third-order valence-corrected chi connectivity index (χ3v) is 3.11. The normalized spacial score (nSPS) is 21.1. The maximum Gasteiger partial charge on any atom is 0.127 e. The molecule has 1 aromatic rings. The highest BCUT2D eigenvalue weighted by atomic mass is 32.1. The molecule has 4 nitrogen and oxygen atoms in total. The van der Waals surface area contributed by atoms with Crippen LogP contribution in [-0.4, -0.2) is 28.7 Å². The zero-order valence-corrected chi connectivity index (χ0v) is 10.7. The molecule has 1 aliphatic heterocycles. The van der Waals surface area contributed by atoms with E-state index in [4.69, 9.17) is 22.7 Å². The molecular weight excluding hydrogens is 234 g/mol. The summed E-state index contributed by atoms with van der Waals surface area (Å²) in [6, 6.07) is 5.86. The van der Waals surface area contributed by atoms with Crippen LogP contribution in [0.5, 0.6) is 0 Å². The number of nitrogens with one attached hydrogen (secondary N) is 1. The fourth-order valence-corrected chi connectivity index (χ4v) is 2.09. The first-order valence-corrected chi connectivity index (χ1v) is 6.22. The largest absolute Gasteiger partial charge is 0.388 e. The van der Waals surface area contributed by atoms with Crippen LogP contribution in [-0.2, 0) is 4.74 Å². The first-order valence-electron chi connectivity index (χ1n) is 5.82. The number of anilines is 1. The van der Waals surface area contributed by atoms with Crippen molar-refractivity contribution < 1.29 is 4.74 Å². The summed E-state index contributed by atoms with van der Waals surface area (Å²) in [4.78, 5) is 4.67. The Morgan fingerprint density at radius 1 is 1.65 bits per heavy atom. The van der Waals surface area contributed by atoms with Crippen LogP contribution in [0.3, 0.4) is 0 Å². The van der Waals surface area contributed by atoms with E-state index in [2.05, 4.69) is 17.2 Å². The maximum absolute atomic E-state index is 5.62. The van der Waals surface area contributed by atoms with E-state index in [1.165, 1.54) is 0 Å². The lowest BCUT2D eigenvalue weighted by Gasteiger charge is -2.20. The van der Waals surface area contributed by atoms with E-state index >= 15 is 0 Å². The summed E-state index contributed by atoms with van der Waals surface area (Å²) in [6.45, 7) is 2.96. The Balaban J connectivity index is 2.02. The zero-order chi connectivity index (χ0) is 12.3. The van der Waals surface area contributed by atoms with Crippen molar-refractivity contribution in [2.24, 2.45) is 5.73 Å². The van der Waals surface area contributed by atoms with Gasteiger partial charge in [0.1, 0.15) is 10.8 Å². The molecule has 17 heavy (non-hydrogen) atoms. The van der Waals surface area contributed by atoms with Gasteiger partial charge in [-0.3, -0.25) is 0 Å². The fourth-order valence-electron chi connectivity index (χ4n) is 1.98. The minimum Gasteiger partial charge on any atom is -0.388 e. The molecule has 2 heterocycles. The van der Waals surface area contributed by atoms with Crippen molar-refractivity contribution in [1.29, 1.82) is 0 Å². The predicted molar refractivity (Wildman–Crippen MR) is 72.2 cm³/mol. The van der Waals surface area contributed by atoms with Gasteiger partial charge < -0.3 is 15.8 Å². The number of rotatable bonds is 4. The van der Waals surface area contributed by atoms with Crippen LogP contribution < -0.4 is 11.1 Å². The van der Waals surface area contributed by atoms with E-state index in [-0.39, 0.29) is 12.1 Å². The molecule has 0 amide bonds. The standard InChI is InChI=1S/C12H17N3OS/c1-8(10-5-3-7-16-10)14-11-6-2-4-9(15-11)12(13)17/h2,4,6,8,10H,3,5,7H2,1H3,(H2,13,17)(H,14,15). The van der Waals surface area contributed by atoms with Gasteiger partial charge in [0.05, 0.1) is 17.8 Å².